The highest BCUT2D eigenvalue weighted by molar-refractivity contribution is 5.67. The molecule has 0 bridgehead atoms. The number of ether oxygens (including phenoxy) is 2. The van der Waals surface area contributed by atoms with E-state index >= 15 is 0 Å². The Labute approximate surface area is 169 Å². The Balaban J connectivity index is 1.35. The second-order valence-electron chi connectivity index (χ2n) is 8.65. The van der Waals surface area contributed by atoms with Crippen molar-refractivity contribution in [3.8, 4) is 0 Å². The molecule has 1 aromatic carbocycles. The number of carbonyl (C=O) groups is 1. The van der Waals surface area contributed by atoms with E-state index < -0.39 is 17.7 Å². The molecule has 3 aliphatic heterocycles. The minimum atomic E-state index is -0.623. The van der Waals surface area contributed by atoms with Crippen molar-refractivity contribution in [2.24, 2.45) is 11.1 Å². The molecule has 1 aromatic rings. The highest BCUT2D eigenvalue weighted by Crippen LogP contribution is 2.42. The minimum Gasteiger partial charge on any atom is -0.453 e. The maximum atomic E-state index is 14.1. The fraction of sp³-hybridized carbons (Fsp3) is 0.667. The number of hydrogen-bond donors (Lipinski definition) is 1. The molecule has 8 heteroatoms. The topological polar surface area (TPSA) is 68.0 Å². The van der Waals surface area contributed by atoms with Gasteiger partial charge in [-0.25, -0.2) is 13.6 Å². The Hall–Kier alpha value is -1.77. The summed E-state index contributed by atoms with van der Waals surface area (Å²) in [5, 5.41) is 0. The number of nitrogens with two attached hydrogens (primary N) is 1. The lowest BCUT2D eigenvalue weighted by Crippen LogP contribution is -2.50. The Morgan fingerprint density at radius 1 is 1.24 bits per heavy atom. The summed E-state index contributed by atoms with van der Waals surface area (Å²) in [7, 11) is 1.42. The maximum Gasteiger partial charge on any atom is 0.409 e. The number of benzene rings is 1. The van der Waals surface area contributed by atoms with Gasteiger partial charge >= 0.3 is 6.09 Å². The Bertz CT molecular complexity index is 755. The third-order valence-electron chi connectivity index (χ3n) is 6.91. The standard InChI is InChI=1S/C21H29F2N3O3/c1-28-20(27)25-7-4-21(5-8-25)6-9-26(13-21)15-11-18(24)19(29-12-15)16-10-14(22)2-3-17(16)23/h2-3,10,15,18-19H,4-9,11-13,24H2,1H3/t15-,18+,19-/m1/s1. The van der Waals surface area contributed by atoms with Crippen LogP contribution in [0, 0.1) is 17.0 Å². The summed E-state index contributed by atoms with van der Waals surface area (Å²) in [6.45, 7) is 3.84. The van der Waals surface area contributed by atoms with Crippen LogP contribution >= 0.6 is 0 Å². The molecule has 3 saturated heterocycles. The van der Waals surface area contributed by atoms with Gasteiger partial charge in [-0.05, 0) is 55.8 Å². The van der Waals surface area contributed by atoms with Gasteiger partial charge in [-0.15, -0.1) is 0 Å². The first kappa shape index (κ1) is 20.5. The fourth-order valence-corrected chi connectivity index (χ4v) is 5.13. The van der Waals surface area contributed by atoms with Crippen LogP contribution in [0.4, 0.5) is 13.6 Å². The van der Waals surface area contributed by atoms with E-state index in [9.17, 15) is 13.6 Å². The molecule has 1 spiro atoms. The molecule has 6 nitrogen and oxygen atoms in total. The molecule has 2 N–H and O–H groups in total. The molecule has 0 aliphatic carbocycles. The lowest BCUT2D eigenvalue weighted by atomic mass is 9.78. The molecule has 0 radical (unpaired) electrons. The van der Waals surface area contributed by atoms with Gasteiger partial charge in [-0.3, -0.25) is 4.90 Å². The van der Waals surface area contributed by atoms with Crippen molar-refractivity contribution in [3.05, 3.63) is 35.4 Å². The largest absolute Gasteiger partial charge is 0.453 e. The van der Waals surface area contributed by atoms with E-state index in [0.717, 1.165) is 57.6 Å². The van der Waals surface area contributed by atoms with E-state index in [2.05, 4.69) is 4.90 Å². The highest BCUT2D eigenvalue weighted by atomic mass is 19.1. The van der Waals surface area contributed by atoms with Crippen LogP contribution in [0.15, 0.2) is 18.2 Å². The van der Waals surface area contributed by atoms with Crippen molar-refractivity contribution in [1.82, 2.24) is 9.80 Å². The number of likely N-dealkylation sites (tertiary alicyclic amines) is 2. The number of hydrogen-bond acceptors (Lipinski definition) is 5. The van der Waals surface area contributed by atoms with E-state index in [1.165, 1.54) is 13.2 Å². The van der Waals surface area contributed by atoms with Gasteiger partial charge in [0.1, 0.15) is 17.7 Å². The predicted molar refractivity (Wildman–Crippen MR) is 103 cm³/mol. The van der Waals surface area contributed by atoms with Crippen molar-refractivity contribution >= 4 is 6.09 Å². The van der Waals surface area contributed by atoms with Crippen LogP contribution < -0.4 is 5.73 Å². The van der Waals surface area contributed by atoms with Gasteiger partial charge in [0.15, 0.2) is 0 Å². The van der Waals surface area contributed by atoms with E-state index in [1.54, 1.807) is 4.90 Å². The quantitative estimate of drug-likeness (QED) is 0.814. The van der Waals surface area contributed by atoms with Crippen LogP contribution in [0.1, 0.15) is 37.4 Å². The first-order valence-corrected chi connectivity index (χ1v) is 10.3. The zero-order chi connectivity index (χ0) is 20.6. The normalized spacial score (nSPS) is 29.9. The van der Waals surface area contributed by atoms with E-state index in [-0.39, 0.29) is 29.2 Å². The number of halogens is 2. The van der Waals surface area contributed by atoms with Crippen molar-refractivity contribution in [2.75, 3.05) is 39.9 Å². The lowest BCUT2D eigenvalue weighted by molar-refractivity contribution is -0.0500. The number of rotatable bonds is 2. The van der Waals surface area contributed by atoms with E-state index in [0.29, 0.717) is 13.0 Å². The third-order valence-corrected chi connectivity index (χ3v) is 6.91. The van der Waals surface area contributed by atoms with Crippen LogP contribution in [0.5, 0.6) is 0 Å². The molecule has 3 fully saturated rings. The van der Waals surface area contributed by atoms with Gasteiger partial charge in [0, 0.05) is 37.3 Å². The minimum absolute atomic E-state index is 0.177. The van der Waals surface area contributed by atoms with Crippen molar-refractivity contribution in [2.45, 2.75) is 43.9 Å². The summed E-state index contributed by atoms with van der Waals surface area (Å²) in [6.07, 6.45) is 2.84. The van der Waals surface area contributed by atoms with Crippen molar-refractivity contribution in [1.29, 1.82) is 0 Å². The SMILES string of the molecule is COC(=O)N1CCC2(CC1)CCN([C@H]1CO[C@H](c3cc(F)ccc3F)[C@@H](N)C1)C2. The number of piperidine rings is 1. The molecule has 1 amide bonds. The molecular weight excluding hydrogens is 380 g/mol. The first-order valence-electron chi connectivity index (χ1n) is 10.3. The summed E-state index contributed by atoms with van der Waals surface area (Å²) in [6, 6.07) is 3.20. The van der Waals surface area contributed by atoms with Gasteiger partial charge in [-0.1, -0.05) is 0 Å². The Morgan fingerprint density at radius 2 is 1.97 bits per heavy atom. The average molecular weight is 409 g/mol. The van der Waals surface area contributed by atoms with E-state index in [4.69, 9.17) is 15.2 Å². The van der Waals surface area contributed by atoms with Crippen molar-refractivity contribution in [3.63, 3.8) is 0 Å². The molecule has 160 valence electrons. The summed E-state index contributed by atoms with van der Waals surface area (Å²) < 4.78 is 38.4. The highest BCUT2D eigenvalue weighted by Gasteiger charge is 2.45. The number of nitrogens with zero attached hydrogens (tertiary/aromatic N) is 2. The summed E-state index contributed by atoms with van der Waals surface area (Å²) in [4.78, 5) is 15.9. The van der Waals surface area contributed by atoms with Crippen LogP contribution in [-0.2, 0) is 9.47 Å². The van der Waals surface area contributed by atoms with Gasteiger partial charge in [0.2, 0.25) is 0 Å². The molecule has 3 heterocycles. The first-order chi connectivity index (χ1) is 13.9. The van der Waals surface area contributed by atoms with Crippen LogP contribution in [-0.4, -0.2) is 67.9 Å². The summed E-state index contributed by atoms with van der Waals surface area (Å²) >= 11 is 0. The summed E-state index contributed by atoms with van der Waals surface area (Å²) in [5.74, 6) is -0.970. The zero-order valence-electron chi connectivity index (χ0n) is 16.8. The second kappa shape index (κ2) is 8.16. The zero-order valence-corrected chi connectivity index (χ0v) is 16.8. The van der Waals surface area contributed by atoms with Crippen LogP contribution in [0.3, 0.4) is 0 Å². The molecule has 4 rings (SSSR count). The number of amides is 1. The van der Waals surface area contributed by atoms with Gasteiger partial charge in [0.25, 0.3) is 0 Å². The van der Waals surface area contributed by atoms with Gasteiger partial charge in [0.05, 0.1) is 13.7 Å². The Morgan fingerprint density at radius 3 is 2.66 bits per heavy atom. The predicted octanol–water partition coefficient (Wildman–Crippen LogP) is 2.68. The average Bonchev–Trinajstić information content (AvgIpc) is 3.13. The second-order valence-corrected chi connectivity index (χ2v) is 8.65. The number of methoxy groups -OCH3 is 1. The maximum absolute atomic E-state index is 14.1. The molecule has 0 saturated carbocycles. The fourth-order valence-electron chi connectivity index (χ4n) is 5.13. The Kier molecular flexibility index (Phi) is 5.77. The molecule has 0 aromatic heterocycles. The molecule has 29 heavy (non-hydrogen) atoms. The third kappa shape index (κ3) is 4.11. The molecule has 0 unspecified atom stereocenters. The molecule has 3 aliphatic rings. The smallest absolute Gasteiger partial charge is 0.409 e. The van der Waals surface area contributed by atoms with Crippen LogP contribution in [0.2, 0.25) is 0 Å². The summed E-state index contributed by atoms with van der Waals surface area (Å²) in [5.41, 5.74) is 6.75. The van der Waals surface area contributed by atoms with Crippen LogP contribution in [0.25, 0.3) is 0 Å². The van der Waals surface area contributed by atoms with E-state index in [1.807, 2.05) is 0 Å². The lowest BCUT2D eigenvalue weighted by Gasteiger charge is -2.41. The molecular formula is C21H29F2N3O3. The van der Waals surface area contributed by atoms with Gasteiger partial charge < -0.3 is 20.1 Å². The monoisotopic (exact) mass is 409 g/mol. The number of carbonyl (C=O) groups excluding carboxylic acids is 1. The van der Waals surface area contributed by atoms with Gasteiger partial charge in [-0.2, -0.15) is 0 Å². The molecule has 3 atom stereocenters. The van der Waals surface area contributed by atoms with Crippen molar-refractivity contribution < 1.29 is 23.0 Å².